The molecule has 3 nitrogen and oxygen atoms in total. The number of nitrogens with one attached hydrogen (secondary N) is 1. The van der Waals surface area contributed by atoms with Gasteiger partial charge in [0.25, 0.3) is 10.0 Å². The summed E-state index contributed by atoms with van der Waals surface area (Å²) < 4.78 is 27.8. The summed E-state index contributed by atoms with van der Waals surface area (Å²) in [4.78, 5) is 0. The van der Waals surface area contributed by atoms with Gasteiger partial charge in [-0.1, -0.05) is 23.2 Å². The smallest absolute Gasteiger partial charge is 0.271 e. The molecule has 1 N–H and O–H groups in total. The van der Waals surface area contributed by atoms with E-state index in [4.69, 9.17) is 23.2 Å². The zero-order valence-electron chi connectivity index (χ0n) is 9.58. The van der Waals surface area contributed by atoms with Gasteiger partial charge >= 0.3 is 0 Å². The van der Waals surface area contributed by atoms with Crippen LogP contribution in [0.15, 0.2) is 32.3 Å². The van der Waals surface area contributed by atoms with Crippen LogP contribution in [0.25, 0.3) is 0 Å². The topological polar surface area (TPSA) is 46.2 Å². The van der Waals surface area contributed by atoms with Crippen LogP contribution in [0.4, 0.5) is 5.69 Å². The van der Waals surface area contributed by atoms with E-state index in [1.165, 1.54) is 12.1 Å². The van der Waals surface area contributed by atoms with Gasteiger partial charge in [-0.05, 0) is 52.7 Å². The largest absolute Gasteiger partial charge is 0.277 e. The van der Waals surface area contributed by atoms with Crippen molar-refractivity contribution in [1.82, 2.24) is 0 Å². The molecule has 0 spiro atoms. The molecule has 0 aliphatic carbocycles. The molecular formula is C11H8BrCl2NO2S2. The number of thiophene rings is 1. The maximum absolute atomic E-state index is 12.2. The Morgan fingerprint density at radius 1 is 1.26 bits per heavy atom. The van der Waals surface area contributed by atoms with Gasteiger partial charge in [-0.25, -0.2) is 8.42 Å². The van der Waals surface area contributed by atoms with E-state index in [1.807, 2.05) is 6.92 Å². The van der Waals surface area contributed by atoms with Gasteiger partial charge in [0, 0.05) is 5.02 Å². The molecule has 2 rings (SSSR count). The van der Waals surface area contributed by atoms with E-state index in [2.05, 4.69) is 20.7 Å². The number of benzene rings is 1. The van der Waals surface area contributed by atoms with Crippen LogP contribution in [0, 0.1) is 6.92 Å². The average molecular weight is 401 g/mol. The molecule has 102 valence electrons. The Bertz CT molecular complexity index is 709. The van der Waals surface area contributed by atoms with E-state index in [0.717, 1.165) is 20.7 Å². The fourth-order valence-electron chi connectivity index (χ4n) is 1.33. The Labute approximate surface area is 133 Å². The predicted octanol–water partition coefficient (Wildman–Crippen LogP) is 4.93. The molecule has 2 aromatic rings. The number of halogens is 3. The van der Waals surface area contributed by atoms with Crippen molar-refractivity contribution >= 4 is 66.2 Å². The van der Waals surface area contributed by atoms with E-state index in [1.54, 1.807) is 12.1 Å². The lowest BCUT2D eigenvalue weighted by Gasteiger charge is -2.08. The lowest BCUT2D eigenvalue weighted by Crippen LogP contribution is -2.11. The zero-order chi connectivity index (χ0) is 14.2. The summed E-state index contributed by atoms with van der Waals surface area (Å²) >= 11 is 16.2. The van der Waals surface area contributed by atoms with E-state index >= 15 is 0 Å². The second-order valence-corrected chi connectivity index (χ2v) is 8.87. The second-order valence-electron chi connectivity index (χ2n) is 3.75. The first-order valence-electron chi connectivity index (χ1n) is 5.03. The van der Waals surface area contributed by atoms with Crippen molar-refractivity contribution in [3.8, 4) is 0 Å². The Morgan fingerprint density at radius 2 is 1.95 bits per heavy atom. The molecule has 8 heteroatoms. The maximum atomic E-state index is 12.2. The van der Waals surface area contributed by atoms with Gasteiger partial charge < -0.3 is 0 Å². The Morgan fingerprint density at radius 3 is 2.53 bits per heavy atom. The Balaban J connectivity index is 2.39. The van der Waals surface area contributed by atoms with E-state index < -0.39 is 10.0 Å². The first kappa shape index (κ1) is 15.1. The lowest BCUT2D eigenvalue weighted by atomic mass is 10.3. The molecule has 0 unspecified atom stereocenters. The van der Waals surface area contributed by atoms with E-state index in [9.17, 15) is 8.42 Å². The molecule has 0 bridgehead atoms. The summed E-state index contributed by atoms with van der Waals surface area (Å²) in [6.45, 7) is 1.83. The van der Waals surface area contributed by atoms with Crippen LogP contribution < -0.4 is 4.72 Å². The van der Waals surface area contributed by atoms with Gasteiger partial charge in [0.2, 0.25) is 0 Å². The molecular weight excluding hydrogens is 393 g/mol. The Kier molecular flexibility index (Phi) is 4.47. The van der Waals surface area contributed by atoms with Crippen LogP contribution in [-0.4, -0.2) is 8.42 Å². The van der Waals surface area contributed by atoms with Gasteiger partial charge in [0.15, 0.2) is 0 Å². The van der Waals surface area contributed by atoms with Crippen molar-refractivity contribution in [1.29, 1.82) is 0 Å². The molecule has 0 fully saturated rings. The van der Waals surface area contributed by atoms with Crippen LogP contribution in [0.5, 0.6) is 0 Å². The number of sulfonamides is 1. The summed E-state index contributed by atoms with van der Waals surface area (Å²) in [7, 11) is -3.66. The first-order chi connectivity index (χ1) is 8.79. The fraction of sp³-hybridized carbons (Fsp3) is 0.0909. The number of aryl methyl sites for hydroxylation is 1. The summed E-state index contributed by atoms with van der Waals surface area (Å²) in [5, 5.41) is 0.700. The van der Waals surface area contributed by atoms with Crippen LogP contribution in [0.3, 0.4) is 0 Å². The highest BCUT2D eigenvalue weighted by atomic mass is 79.9. The normalized spacial score (nSPS) is 11.6. The van der Waals surface area contributed by atoms with Crippen molar-refractivity contribution < 1.29 is 8.42 Å². The minimum atomic E-state index is -3.66. The summed E-state index contributed by atoms with van der Waals surface area (Å²) in [6, 6.07) is 6.19. The van der Waals surface area contributed by atoms with Crippen molar-refractivity contribution in [2.24, 2.45) is 0 Å². The number of hydrogen-bond donors (Lipinski definition) is 1. The monoisotopic (exact) mass is 399 g/mol. The molecule has 0 aliphatic heterocycles. The SMILES string of the molecule is Cc1cc(S(=O)(=O)Nc2cc(Cl)ccc2Cl)sc1Br. The van der Waals surface area contributed by atoms with Crippen LogP contribution in [0.1, 0.15) is 5.56 Å². The summed E-state index contributed by atoms with van der Waals surface area (Å²) in [5.74, 6) is 0. The molecule has 0 atom stereocenters. The van der Waals surface area contributed by atoms with Gasteiger partial charge in [0.05, 0.1) is 14.5 Å². The number of anilines is 1. The molecule has 19 heavy (non-hydrogen) atoms. The highest BCUT2D eigenvalue weighted by molar-refractivity contribution is 9.11. The highest BCUT2D eigenvalue weighted by Gasteiger charge is 2.19. The van der Waals surface area contributed by atoms with E-state index in [0.29, 0.717) is 10.0 Å². The van der Waals surface area contributed by atoms with Crippen LogP contribution in [0.2, 0.25) is 10.0 Å². The predicted molar refractivity (Wildman–Crippen MR) is 84.0 cm³/mol. The fourth-order valence-corrected chi connectivity index (χ4v) is 5.02. The van der Waals surface area contributed by atoms with Crippen molar-refractivity contribution in [2.75, 3.05) is 4.72 Å². The van der Waals surface area contributed by atoms with Crippen molar-refractivity contribution in [3.05, 3.63) is 43.7 Å². The minimum absolute atomic E-state index is 0.216. The number of hydrogen-bond acceptors (Lipinski definition) is 3. The van der Waals surface area contributed by atoms with Crippen LogP contribution >= 0.6 is 50.5 Å². The Hall–Kier alpha value is -0.270. The van der Waals surface area contributed by atoms with Gasteiger partial charge in [-0.2, -0.15) is 0 Å². The van der Waals surface area contributed by atoms with E-state index in [-0.39, 0.29) is 9.90 Å². The third-order valence-electron chi connectivity index (χ3n) is 2.27. The third kappa shape index (κ3) is 3.44. The average Bonchev–Trinajstić information content (AvgIpc) is 2.65. The number of rotatable bonds is 3. The molecule has 1 aromatic carbocycles. The lowest BCUT2D eigenvalue weighted by molar-refractivity contribution is 0.603. The molecule has 0 radical (unpaired) electrons. The van der Waals surface area contributed by atoms with Crippen molar-refractivity contribution in [2.45, 2.75) is 11.1 Å². The second kappa shape index (κ2) is 5.61. The van der Waals surface area contributed by atoms with Crippen LogP contribution in [-0.2, 0) is 10.0 Å². The van der Waals surface area contributed by atoms with Gasteiger partial charge in [-0.15, -0.1) is 11.3 Å². The quantitative estimate of drug-likeness (QED) is 0.793. The molecule has 0 amide bonds. The minimum Gasteiger partial charge on any atom is -0.277 e. The molecule has 1 aromatic heterocycles. The maximum Gasteiger partial charge on any atom is 0.271 e. The molecule has 0 aliphatic rings. The summed E-state index contributed by atoms with van der Waals surface area (Å²) in [6.07, 6.45) is 0. The zero-order valence-corrected chi connectivity index (χ0v) is 14.3. The molecule has 1 heterocycles. The molecule has 0 saturated carbocycles. The van der Waals surface area contributed by atoms with Gasteiger partial charge in [-0.3, -0.25) is 4.72 Å². The van der Waals surface area contributed by atoms with Crippen molar-refractivity contribution in [3.63, 3.8) is 0 Å². The standard InChI is InChI=1S/C11H8BrCl2NO2S2/c1-6-4-10(18-11(6)12)19(16,17)15-9-5-7(13)2-3-8(9)14/h2-5,15H,1H3. The molecule has 0 saturated heterocycles. The summed E-state index contributed by atoms with van der Waals surface area (Å²) in [5.41, 5.74) is 1.12. The third-order valence-corrected chi connectivity index (χ3v) is 6.81. The highest BCUT2D eigenvalue weighted by Crippen LogP contribution is 2.33. The van der Waals surface area contributed by atoms with Gasteiger partial charge in [0.1, 0.15) is 4.21 Å². The first-order valence-corrected chi connectivity index (χ1v) is 8.88.